The van der Waals surface area contributed by atoms with Crippen LogP contribution in [0.3, 0.4) is 0 Å². The Morgan fingerprint density at radius 2 is 2.07 bits per heavy atom. The van der Waals surface area contributed by atoms with Crippen LogP contribution >= 0.6 is 11.6 Å². The van der Waals surface area contributed by atoms with Crippen LogP contribution in [0, 0.1) is 6.92 Å². The molecule has 0 spiro atoms. The standard InChI is InChI=1S/C12H19ClN2/c1-9-4-5-10(8-11(9)13)15-7-6-12(2,3)14/h4-5,8,15H,6-7,14H2,1-3H3. The van der Waals surface area contributed by atoms with Gasteiger partial charge in [-0.25, -0.2) is 0 Å². The predicted molar refractivity (Wildman–Crippen MR) is 67.6 cm³/mol. The summed E-state index contributed by atoms with van der Waals surface area (Å²) in [5.74, 6) is 0. The minimum absolute atomic E-state index is 0.124. The van der Waals surface area contributed by atoms with Crippen LogP contribution in [-0.2, 0) is 0 Å². The van der Waals surface area contributed by atoms with Crippen molar-refractivity contribution in [2.45, 2.75) is 32.7 Å². The summed E-state index contributed by atoms with van der Waals surface area (Å²) in [4.78, 5) is 0. The minimum atomic E-state index is -0.124. The first-order chi connectivity index (χ1) is 6.88. The molecule has 0 aliphatic carbocycles. The first-order valence-corrected chi connectivity index (χ1v) is 5.55. The second-order valence-corrected chi connectivity index (χ2v) is 5.04. The van der Waals surface area contributed by atoms with E-state index in [0.29, 0.717) is 0 Å². The maximum Gasteiger partial charge on any atom is 0.0455 e. The van der Waals surface area contributed by atoms with Crippen LogP contribution in [0.4, 0.5) is 5.69 Å². The Hall–Kier alpha value is -0.730. The van der Waals surface area contributed by atoms with Gasteiger partial charge in [-0.2, -0.15) is 0 Å². The van der Waals surface area contributed by atoms with Crippen LogP contribution in [0.15, 0.2) is 18.2 Å². The first kappa shape index (κ1) is 12.3. The van der Waals surface area contributed by atoms with Crippen molar-refractivity contribution in [2.75, 3.05) is 11.9 Å². The molecule has 3 N–H and O–H groups in total. The van der Waals surface area contributed by atoms with Gasteiger partial charge in [0.1, 0.15) is 0 Å². The molecule has 1 aromatic rings. The van der Waals surface area contributed by atoms with Crippen LogP contribution in [0.5, 0.6) is 0 Å². The lowest BCUT2D eigenvalue weighted by Crippen LogP contribution is -2.34. The topological polar surface area (TPSA) is 38.0 Å². The summed E-state index contributed by atoms with van der Waals surface area (Å²) in [6.07, 6.45) is 0.929. The van der Waals surface area contributed by atoms with Gasteiger partial charge in [0.15, 0.2) is 0 Å². The fourth-order valence-electron chi connectivity index (χ4n) is 1.23. The second-order valence-electron chi connectivity index (χ2n) is 4.63. The lowest BCUT2D eigenvalue weighted by molar-refractivity contribution is 0.491. The van der Waals surface area contributed by atoms with Gasteiger partial charge in [-0.1, -0.05) is 17.7 Å². The highest BCUT2D eigenvalue weighted by Crippen LogP contribution is 2.20. The zero-order chi connectivity index (χ0) is 11.5. The molecule has 0 aromatic heterocycles. The van der Waals surface area contributed by atoms with Gasteiger partial charge in [0.25, 0.3) is 0 Å². The van der Waals surface area contributed by atoms with Gasteiger partial charge < -0.3 is 11.1 Å². The highest BCUT2D eigenvalue weighted by atomic mass is 35.5. The molecule has 0 atom stereocenters. The largest absolute Gasteiger partial charge is 0.385 e. The number of benzene rings is 1. The molecule has 2 nitrogen and oxygen atoms in total. The summed E-state index contributed by atoms with van der Waals surface area (Å²) < 4.78 is 0. The van der Waals surface area contributed by atoms with Crippen molar-refractivity contribution in [1.29, 1.82) is 0 Å². The van der Waals surface area contributed by atoms with Crippen LogP contribution < -0.4 is 11.1 Å². The quantitative estimate of drug-likeness (QED) is 0.828. The summed E-state index contributed by atoms with van der Waals surface area (Å²) >= 11 is 6.02. The Labute approximate surface area is 96.8 Å². The number of hydrogen-bond donors (Lipinski definition) is 2. The van der Waals surface area contributed by atoms with E-state index in [0.717, 1.165) is 29.2 Å². The molecule has 0 unspecified atom stereocenters. The molecule has 1 aromatic carbocycles. The maximum absolute atomic E-state index is 6.02. The maximum atomic E-state index is 6.02. The molecule has 1 rings (SSSR count). The van der Waals surface area contributed by atoms with E-state index in [-0.39, 0.29) is 5.54 Å². The minimum Gasteiger partial charge on any atom is -0.385 e. The van der Waals surface area contributed by atoms with Crippen molar-refractivity contribution in [3.8, 4) is 0 Å². The third-order valence-corrected chi connectivity index (χ3v) is 2.68. The van der Waals surface area contributed by atoms with Gasteiger partial charge >= 0.3 is 0 Å². The first-order valence-electron chi connectivity index (χ1n) is 5.17. The summed E-state index contributed by atoms with van der Waals surface area (Å²) in [5.41, 5.74) is 7.91. The van der Waals surface area contributed by atoms with Crippen LogP contribution in [-0.4, -0.2) is 12.1 Å². The van der Waals surface area contributed by atoms with Crippen LogP contribution in [0.1, 0.15) is 25.8 Å². The summed E-state index contributed by atoms with van der Waals surface area (Å²) in [6, 6.07) is 5.99. The van der Waals surface area contributed by atoms with Crippen molar-refractivity contribution in [1.82, 2.24) is 0 Å². The lowest BCUT2D eigenvalue weighted by atomic mass is 10.0. The number of rotatable bonds is 4. The molecule has 0 heterocycles. The van der Waals surface area contributed by atoms with E-state index in [1.807, 2.05) is 39.0 Å². The van der Waals surface area contributed by atoms with Gasteiger partial charge in [-0.3, -0.25) is 0 Å². The normalized spacial score (nSPS) is 11.5. The molecule has 3 heteroatoms. The van der Waals surface area contributed by atoms with Crippen LogP contribution in [0.2, 0.25) is 5.02 Å². The van der Waals surface area contributed by atoms with E-state index in [2.05, 4.69) is 5.32 Å². The van der Waals surface area contributed by atoms with Gasteiger partial charge in [0.2, 0.25) is 0 Å². The highest BCUT2D eigenvalue weighted by molar-refractivity contribution is 6.31. The Morgan fingerprint density at radius 1 is 1.40 bits per heavy atom. The molecule has 0 bridgehead atoms. The molecule has 84 valence electrons. The van der Waals surface area contributed by atoms with Crippen LogP contribution in [0.25, 0.3) is 0 Å². The zero-order valence-electron chi connectivity index (χ0n) is 9.60. The van der Waals surface area contributed by atoms with E-state index in [1.165, 1.54) is 0 Å². The van der Waals surface area contributed by atoms with E-state index in [1.54, 1.807) is 0 Å². The number of nitrogens with two attached hydrogens (primary N) is 1. The predicted octanol–water partition coefficient (Wildman–Crippen LogP) is 3.19. The number of aryl methyl sites for hydroxylation is 1. The van der Waals surface area contributed by atoms with Crippen molar-refractivity contribution >= 4 is 17.3 Å². The Morgan fingerprint density at radius 3 is 2.60 bits per heavy atom. The molecule has 0 aliphatic heterocycles. The van der Waals surface area contributed by atoms with Crippen molar-refractivity contribution in [3.63, 3.8) is 0 Å². The molecule has 0 amide bonds. The fraction of sp³-hybridized carbons (Fsp3) is 0.500. The van der Waals surface area contributed by atoms with Gasteiger partial charge in [0, 0.05) is 22.8 Å². The Balaban J connectivity index is 2.48. The average molecular weight is 227 g/mol. The Kier molecular flexibility index (Phi) is 4.00. The number of hydrogen-bond acceptors (Lipinski definition) is 2. The smallest absolute Gasteiger partial charge is 0.0455 e. The third-order valence-electron chi connectivity index (χ3n) is 2.27. The van der Waals surface area contributed by atoms with Crippen molar-refractivity contribution in [3.05, 3.63) is 28.8 Å². The summed E-state index contributed by atoms with van der Waals surface area (Å²) in [6.45, 7) is 6.91. The van der Waals surface area contributed by atoms with Gasteiger partial charge in [-0.15, -0.1) is 0 Å². The van der Waals surface area contributed by atoms with E-state index in [9.17, 15) is 0 Å². The average Bonchev–Trinajstić information content (AvgIpc) is 2.09. The van der Waals surface area contributed by atoms with Crippen molar-refractivity contribution < 1.29 is 0 Å². The number of anilines is 1. The molecule has 15 heavy (non-hydrogen) atoms. The molecule has 0 fully saturated rings. The summed E-state index contributed by atoms with van der Waals surface area (Å²) in [5, 5.41) is 4.10. The van der Waals surface area contributed by atoms with E-state index >= 15 is 0 Å². The summed E-state index contributed by atoms with van der Waals surface area (Å²) in [7, 11) is 0. The fourth-order valence-corrected chi connectivity index (χ4v) is 1.41. The Bertz CT molecular complexity index is 329. The highest BCUT2D eigenvalue weighted by Gasteiger charge is 2.09. The monoisotopic (exact) mass is 226 g/mol. The van der Waals surface area contributed by atoms with E-state index in [4.69, 9.17) is 17.3 Å². The molecule has 0 aliphatic rings. The second kappa shape index (κ2) is 4.86. The number of halogens is 1. The number of nitrogens with one attached hydrogen (secondary N) is 1. The van der Waals surface area contributed by atoms with Gasteiger partial charge in [-0.05, 0) is 44.9 Å². The SMILES string of the molecule is Cc1ccc(NCCC(C)(C)N)cc1Cl. The zero-order valence-corrected chi connectivity index (χ0v) is 10.4. The van der Waals surface area contributed by atoms with Crippen molar-refractivity contribution in [2.24, 2.45) is 5.73 Å². The third kappa shape index (κ3) is 4.54. The molecule has 0 saturated heterocycles. The molecule has 0 saturated carbocycles. The lowest BCUT2D eigenvalue weighted by Gasteiger charge is -2.18. The van der Waals surface area contributed by atoms with E-state index < -0.39 is 0 Å². The van der Waals surface area contributed by atoms with Gasteiger partial charge in [0.05, 0.1) is 0 Å². The molecular weight excluding hydrogens is 208 g/mol. The molecular formula is C12H19ClN2. The molecule has 0 radical (unpaired) electrons.